The monoisotopic (exact) mass is 270 g/mol. The van der Waals surface area contributed by atoms with Gasteiger partial charge in [0.25, 0.3) is 5.56 Å². The van der Waals surface area contributed by atoms with E-state index in [1.807, 2.05) is 0 Å². The molecule has 1 aliphatic carbocycles. The number of aromatic amines is 1. The molecule has 0 radical (unpaired) electrons. The van der Waals surface area contributed by atoms with Gasteiger partial charge in [0.2, 0.25) is 0 Å². The summed E-state index contributed by atoms with van der Waals surface area (Å²) in [7, 11) is 0. The lowest BCUT2D eigenvalue weighted by Crippen LogP contribution is -2.19. The topological polar surface area (TPSA) is 45.8 Å². The smallest absolute Gasteiger partial charge is 0.255 e. The first-order valence-electron chi connectivity index (χ1n) is 6.58. The van der Waals surface area contributed by atoms with E-state index in [2.05, 4.69) is 29.2 Å². The third-order valence-corrected chi connectivity index (χ3v) is 5.01. The summed E-state index contributed by atoms with van der Waals surface area (Å²) >= 11 is 1.77. The standard InChI is InChI=1S/C15H14N2OS/c18-15-12-7-19-8-13(12)16-14(17-15)11-5-9-3-1-2-4-10(9)6-11/h1-4,11H,5-8H2,(H,16,17,18). The SMILES string of the molecule is O=c1[nH]c(C2Cc3ccccc3C2)nc2c1CSC2. The molecule has 1 aromatic heterocycles. The fraction of sp³-hybridized carbons (Fsp3) is 0.333. The van der Waals surface area contributed by atoms with E-state index >= 15 is 0 Å². The Kier molecular flexibility index (Phi) is 2.52. The lowest BCUT2D eigenvalue weighted by molar-refractivity contribution is 0.671. The fourth-order valence-corrected chi connectivity index (χ4v) is 4.06. The van der Waals surface area contributed by atoms with Gasteiger partial charge in [-0.05, 0) is 24.0 Å². The predicted molar refractivity (Wildman–Crippen MR) is 76.4 cm³/mol. The van der Waals surface area contributed by atoms with E-state index in [-0.39, 0.29) is 5.56 Å². The van der Waals surface area contributed by atoms with Gasteiger partial charge in [-0.25, -0.2) is 4.98 Å². The van der Waals surface area contributed by atoms with Gasteiger partial charge in [-0.2, -0.15) is 11.8 Å². The van der Waals surface area contributed by atoms with E-state index in [4.69, 9.17) is 4.98 Å². The van der Waals surface area contributed by atoms with Crippen molar-refractivity contribution >= 4 is 11.8 Å². The molecule has 4 heteroatoms. The van der Waals surface area contributed by atoms with Crippen LogP contribution in [0.5, 0.6) is 0 Å². The van der Waals surface area contributed by atoms with E-state index in [0.29, 0.717) is 5.92 Å². The third kappa shape index (κ3) is 1.82. The molecule has 0 saturated heterocycles. The van der Waals surface area contributed by atoms with Crippen LogP contribution in [0, 0.1) is 0 Å². The van der Waals surface area contributed by atoms with Crippen molar-refractivity contribution in [3.05, 3.63) is 62.8 Å². The number of rotatable bonds is 1. The molecular formula is C15H14N2OS. The summed E-state index contributed by atoms with van der Waals surface area (Å²) in [6.45, 7) is 0. The molecule has 96 valence electrons. The van der Waals surface area contributed by atoms with Crippen LogP contribution in [0.25, 0.3) is 0 Å². The quantitative estimate of drug-likeness (QED) is 0.865. The van der Waals surface area contributed by atoms with Crippen molar-refractivity contribution in [2.24, 2.45) is 0 Å². The van der Waals surface area contributed by atoms with Gasteiger partial charge in [-0.1, -0.05) is 24.3 Å². The van der Waals surface area contributed by atoms with Gasteiger partial charge < -0.3 is 4.98 Å². The summed E-state index contributed by atoms with van der Waals surface area (Å²) in [6, 6.07) is 8.51. The Balaban J connectivity index is 1.72. The first-order valence-corrected chi connectivity index (χ1v) is 7.73. The number of benzene rings is 1. The highest BCUT2D eigenvalue weighted by molar-refractivity contribution is 7.98. The zero-order valence-corrected chi connectivity index (χ0v) is 11.3. The maximum absolute atomic E-state index is 12.1. The van der Waals surface area contributed by atoms with Gasteiger partial charge in [0, 0.05) is 23.0 Å². The van der Waals surface area contributed by atoms with Gasteiger partial charge >= 0.3 is 0 Å². The molecule has 2 aliphatic rings. The molecule has 0 fully saturated rings. The predicted octanol–water partition coefficient (Wildman–Crippen LogP) is 2.40. The second-order valence-corrected chi connectivity index (χ2v) is 6.23. The van der Waals surface area contributed by atoms with Gasteiger partial charge in [0.05, 0.1) is 5.69 Å². The van der Waals surface area contributed by atoms with Gasteiger partial charge in [0.1, 0.15) is 5.82 Å². The molecule has 0 amide bonds. The van der Waals surface area contributed by atoms with Gasteiger partial charge in [-0.3, -0.25) is 4.79 Å². The highest BCUT2D eigenvalue weighted by Gasteiger charge is 2.26. The van der Waals surface area contributed by atoms with Crippen molar-refractivity contribution in [1.29, 1.82) is 0 Å². The number of H-pyrrole nitrogens is 1. The van der Waals surface area contributed by atoms with Crippen LogP contribution in [0.1, 0.15) is 34.1 Å². The lowest BCUT2D eigenvalue weighted by Gasteiger charge is -2.09. The Morgan fingerprint density at radius 3 is 2.63 bits per heavy atom. The molecule has 0 atom stereocenters. The molecule has 1 aliphatic heterocycles. The van der Waals surface area contributed by atoms with E-state index in [1.54, 1.807) is 11.8 Å². The summed E-state index contributed by atoms with van der Waals surface area (Å²) in [4.78, 5) is 19.8. The van der Waals surface area contributed by atoms with E-state index in [9.17, 15) is 4.79 Å². The first kappa shape index (κ1) is 11.3. The average molecular weight is 270 g/mol. The third-order valence-electron chi connectivity index (χ3n) is 4.04. The van der Waals surface area contributed by atoms with Crippen LogP contribution in [0.2, 0.25) is 0 Å². The minimum Gasteiger partial charge on any atom is -0.310 e. The fourth-order valence-electron chi connectivity index (χ4n) is 3.03. The van der Waals surface area contributed by atoms with Crippen molar-refractivity contribution in [3.8, 4) is 0 Å². The Hall–Kier alpha value is -1.55. The minimum atomic E-state index is 0.0703. The van der Waals surface area contributed by atoms with Gasteiger partial charge in [-0.15, -0.1) is 0 Å². The summed E-state index contributed by atoms with van der Waals surface area (Å²) < 4.78 is 0. The number of hydrogen-bond donors (Lipinski definition) is 1. The summed E-state index contributed by atoms with van der Waals surface area (Å²) in [5.74, 6) is 2.90. The molecule has 4 rings (SSSR count). The molecule has 1 aromatic carbocycles. The molecule has 2 aromatic rings. The lowest BCUT2D eigenvalue weighted by atomic mass is 10.1. The number of aromatic nitrogens is 2. The zero-order chi connectivity index (χ0) is 12.8. The molecule has 0 unspecified atom stereocenters. The number of hydrogen-bond acceptors (Lipinski definition) is 3. The van der Waals surface area contributed by atoms with Crippen LogP contribution >= 0.6 is 11.8 Å². The van der Waals surface area contributed by atoms with Crippen LogP contribution in [0.15, 0.2) is 29.1 Å². The van der Waals surface area contributed by atoms with Gasteiger partial charge in [0.15, 0.2) is 0 Å². The Morgan fingerprint density at radius 1 is 1.16 bits per heavy atom. The Morgan fingerprint density at radius 2 is 1.89 bits per heavy atom. The Bertz CT molecular complexity index is 683. The highest BCUT2D eigenvalue weighted by Crippen LogP contribution is 2.33. The van der Waals surface area contributed by atoms with Crippen LogP contribution < -0.4 is 5.56 Å². The van der Waals surface area contributed by atoms with Crippen LogP contribution in [-0.4, -0.2) is 9.97 Å². The van der Waals surface area contributed by atoms with Crippen LogP contribution in [0.4, 0.5) is 0 Å². The molecule has 0 saturated carbocycles. The van der Waals surface area contributed by atoms with Crippen LogP contribution in [0.3, 0.4) is 0 Å². The van der Waals surface area contributed by atoms with Crippen molar-refractivity contribution < 1.29 is 0 Å². The number of fused-ring (bicyclic) bond motifs is 2. The molecule has 1 N–H and O–H groups in total. The second-order valence-electron chi connectivity index (χ2n) is 5.24. The number of thioether (sulfide) groups is 1. The first-order chi connectivity index (χ1) is 9.31. The largest absolute Gasteiger partial charge is 0.310 e. The normalized spacial score (nSPS) is 17.5. The number of nitrogens with zero attached hydrogens (tertiary/aromatic N) is 1. The molecular weight excluding hydrogens is 256 g/mol. The number of nitrogens with one attached hydrogen (secondary N) is 1. The van der Waals surface area contributed by atoms with Crippen molar-refractivity contribution in [3.63, 3.8) is 0 Å². The molecule has 0 bridgehead atoms. The molecule has 3 nitrogen and oxygen atoms in total. The van der Waals surface area contributed by atoms with Crippen molar-refractivity contribution in [2.75, 3.05) is 0 Å². The highest BCUT2D eigenvalue weighted by atomic mass is 32.2. The van der Waals surface area contributed by atoms with E-state index in [0.717, 1.165) is 41.4 Å². The zero-order valence-electron chi connectivity index (χ0n) is 10.5. The Labute approximate surface area is 115 Å². The van der Waals surface area contributed by atoms with E-state index < -0.39 is 0 Å². The summed E-state index contributed by atoms with van der Waals surface area (Å²) in [6.07, 6.45) is 1.98. The molecule has 2 heterocycles. The van der Waals surface area contributed by atoms with Crippen molar-refractivity contribution in [2.45, 2.75) is 30.3 Å². The molecule has 0 spiro atoms. The second kappa shape index (κ2) is 4.23. The summed E-state index contributed by atoms with van der Waals surface area (Å²) in [5, 5.41) is 0. The minimum absolute atomic E-state index is 0.0703. The van der Waals surface area contributed by atoms with Crippen LogP contribution in [-0.2, 0) is 24.3 Å². The van der Waals surface area contributed by atoms with Crippen molar-refractivity contribution in [1.82, 2.24) is 9.97 Å². The van der Waals surface area contributed by atoms with E-state index in [1.165, 1.54) is 11.1 Å². The molecule has 19 heavy (non-hydrogen) atoms. The maximum Gasteiger partial charge on any atom is 0.255 e. The summed E-state index contributed by atoms with van der Waals surface area (Å²) in [5.41, 5.74) is 4.74. The maximum atomic E-state index is 12.1. The average Bonchev–Trinajstić information content (AvgIpc) is 3.04.